The van der Waals surface area contributed by atoms with Crippen molar-refractivity contribution in [1.29, 1.82) is 0 Å². The van der Waals surface area contributed by atoms with Crippen LogP contribution in [0, 0.1) is 11.8 Å². The second-order valence-corrected chi connectivity index (χ2v) is 16.7. The van der Waals surface area contributed by atoms with Crippen LogP contribution in [-0.4, -0.2) is 148 Å². The van der Waals surface area contributed by atoms with Crippen LogP contribution in [0.3, 0.4) is 0 Å². The van der Waals surface area contributed by atoms with Gasteiger partial charge in [0.15, 0.2) is 5.78 Å². The van der Waals surface area contributed by atoms with Gasteiger partial charge < -0.3 is 75.1 Å². The lowest BCUT2D eigenvalue weighted by molar-refractivity contribution is -0.137. The van der Waals surface area contributed by atoms with E-state index in [2.05, 4.69) is 42.5 Å². The van der Waals surface area contributed by atoms with Crippen LogP contribution in [0.1, 0.15) is 86.1 Å². The molecule has 0 heterocycles. The van der Waals surface area contributed by atoms with Crippen molar-refractivity contribution in [1.82, 2.24) is 42.5 Å². The number of ketones is 1. The molecule has 1 aromatic rings. The van der Waals surface area contributed by atoms with Crippen molar-refractivity contribution < 1.29 is 63.3 Å². The van der Waals surface area contributed by atoms with E-state index in [1.807, 2.05) is 0 Å². The monoisotopic (exact) mass is 950 g/mol. The van der Waals surface area contributed by atoms with Gasteiger partial charge in [-0.05, 0) is 75.6 Å². The minimum Gasteiger partial charge on any atom is -0.508 e. The molecule has 24 heteroatoms. The standard InChI is InChI=1S/C43H71N11O13/c1-8-22(4)35(48-25(7)57)41(65)54-37(24(6)56)43(67)52-34(21(2)3)40(64)51-30(18-32(46)60)38(62)47-20-33(61)49-28(11-9-10-16-44)39(63)53-36(23(5)55)42(66)50-29(31(59)19-45)17-26-12-14-27(58)15-13-26/h12-15,21-24,28-30,34-37,55-56,58H,8-11,16-20,44-45H2,1-7H3,(H2,46,60)(H,47,62)(H,48,57)(H,49,61)(H,50,66)(H,51,64)(H,52,67)(H,53,63)(H,54,65)/t22-,23+,24+,28-,29-,30-,34-,35-,36-,37-/m0/s1. The van der Waals surface area contributed by atoms with Crippen LogP contribution < -0.4 is 59.7 Å². The van der Waals surface area contributed by atoms with E-state index in [-0.39, 0.29) is 31.1 Å². The first-order chi connectivity index (χ1) is 31.4. The van der Waals surface area contributed by atoms with Crippen molar-refractivity contribution in [3.05, 3.63) is 29.8 Å². The van der Waals surface area contributed by atoms with Crippen molar-refractivity contribution in [3.63, 3.8) is 0 Å². The predicted molar refractivity (Wildman–Crippen MR) is 242 cm³/mol. The van der Waals surface area contributed by atoms with E-state index < -0.39 is 139 Å². The Hall–Kier alpha value is -6.24. The smallest absolute Gasteiger partial charge is 0.245 e. The SMILES string of the molecule is CC[C@H](C)[C@H](NC(C)=O)C(=O)N[C@H](C(=O)N[C@H](C(=O)N[C@@H](CC(N)=O)C(=O)NCC(=O)N[C@@H](CCCCN)C(=O)N[C@H](C(=O)N[C@@H](Cc1ccc(O)cc1)C(=O)CN)[C@@H](C)O)C(C)C)[C@@H](C)O. The van der Waals surface area contributed by atoms with E-state index in [9.17, 15) is 63.3 Å². The topological polar surface area (TPSA) is 406 Å². The molecule has 9 amide bonds. The van der Waals surface area contributed by atoms with Crippen LogP contribution in [0.25, 0.3) is 0 Å². The predicted octanol–water partition coefficient (Wildman–Crippen LogP) is -4.54. The number of nitrogens with two attached hydrogens (primary N) is 3. The van der Waals surface area contributed by atoms with Crippen molar-refractivity contribution in [2.45, 2.75) is 141 Å². The van der Waals surface area contributed by atoms with Gasteiger partial charge in [-0.3, -0.25) is 47.9 Å². The first-order valence-electron chi connectivity index (χ1n) is 22.1. The first-order valence-corrected chi connectivity index (χ1v) is 22.1. The first kappa shape index (κ1) is 58.8. The molecule has 0 unspecified atom stereocenters. The van der Waals surface area contributed by atoms with Crippen molar-refractivity contribution in [2.75, 3.05) is 19.6 Å². The fraction of sp³-hybridized carbons (Fsp3) is 0.628. The molecule has 0 aliphatic heterocycles. The Kier molecular flexibility index (Phi) is 25.8. The minimum atomic E-state index is -1.69. The van der Waals surface area contributed by atoms with Crippen molar-refractivity contribution in [2.24, 2.45) is 29.0 Å². The molecule has 0 bridgehead atoms. The number of aromatic hydroxyl groups is 1. The molecule has 24 nitrogen and oxygen atoms in total. The van der Waals surface area contributed by atoms with Crippen LogP contribution in [0.15, 0.2) is 24.3 Å². The third-order valence-corrected chi connectivity index (χ3v) is 10.6. The van der Waals surface area contributed by atoms with Crippen LogP contribution >= 0.6 is 0 Å². The van der Waals surface area contributed by atoms with Gasteiger partial charge in [-0.2, -0.15) is 0 Å². The number of Topliss-reactive ketones (excluding diaryl/α,β-unsaturated/α-hetero) is 1. The number of benzene rings is 1. The number of hydrogen-bond donors (Lipinski definition) is 14. The zero-order valence-corrected chi connectivity index (χ0v) is 39.2. The molecule has 0 spiro atoms. The maximum absolute atomic E-state index is 13.6. The number of primary amides is 1. The van der Waals surface area contributed by atoms with Gasteiger partial charge >= 0.3 is 0 Å². The summed E-state index contributed by atoms with van der Waals surface area (Å²) in [5, 5.41) is 49.9. The second-order valence-electron chi connectivity index (χ2n) is 16.7. The van der Waals surface area contributed by atoms with Gasteiger partial charge in [0.05, 0.1) is 37.8 Å². The van der Waals surface area contributed by atoms with Gasteiger partial charge in [0.2, 0.25) is 53.2 Å². The maximum atomic E-state index is 13.6. The van der Waals surface area contributed by atoms with Crippen molar-refractivity contribution in [3.8, 4) is 5.75 Å². The highest BCUT2D eigenvalue weighted by Crippen LogP contribution is 2.13. The van der Waals surface area contributed by atoms with E-state index in [0.717, 1.165) is 0 Å². The molecule has 67 heavy (non-hydrogen) atoms. The molecule has 1 rings (SSSR count). The molecular weight excluding hydrogens is 879 g/mol. The van der Waals surface area contributed by atoms with Gasteiger partial charge in [0.1, 0.15) is 42.0 Å². The molecule has 0 aromatic heterocycles. The molecule has 17 N–H and O–H groups in total. The van der Waals surface area contributed by atoms with Gasteiger partial charge in [-0.1, -0.05) is 46.2 Å². The third kappa shape index (κ3) is 20.9. The Balaban J connectivity index is 3.17. The second kappa shape index (κ2) is 29.4. The molecule has 0 saturated heterocycles. The highest BCUT2D eigenvalue weighted by Gasteiger charge is 2.36. The van der Waals surface area contributed by atoms with E-state index >= 15 is 0 Å². The molecule has 0 fully saturated rings. The number of nitrogens with one attached hydrogen (secondary N) is 8. The molecule has 0 radical (unpaired) electrons. The molecule has 10 atom stereocenters. The van der Waals surface area contributed by atoms with Gasteiger partial charge in [0, 0.05) is 6.92 Å². The Morgan fingerprint density at radius 2 is 1.12 bits per heavy atom. The number of carbonyl (C=O) groups excluding carboxylic acids is 10. The number of hydrogen-bond acceptors (Lipinski definition) is 15. The van der Waals surface area contributed by atoms with Crippen LogP contribution in [0.4, 0.5) is 0 Å². The summed E-state index contributed by atoms with van der Waals surface area (Å²) in [6.07, 6.45) is -2.56. The lowest BCUT2D eigenvalue weighted by Gasteiger charge is -2.29. The highest BCUT2D eigenvalue weighted by molar-refractivity contribution is 5.99. The number of rotatable bonds is 30. The number of amides is 9. The Morgan fingerprint density at radius 3 is 1.61 bits per heavy atom. The fourth-order valence-corrected chi connectivity index (χ4v) is 6.49. The highest BCUT2D eigenvalue weighted by atomic mass is 16.3. The number of carbonyl (C=O) groups is 10. The van der Waals surface area contributed by atoms with E-state index in [0.29, 0.717) is 24.8 Å². The van der Waals surface area contributed by atoms with Gasteiger partial charge in [-0.15, -0.1) is 0 Å². The summed E-state index contributed by atoms with van der Waals surface area (Å²) in [6, 6.07) is -4.04. The van der Waals surface area contributed by atoms with E-state index in [4.69, 9.17) is 17.2 Å². The molecule has 1 aromatic carbocycles. The lowest BCUT2D eigenvalue weighted by atomic mass is 9.97. The summed E-state index contributed by atoms with van der Waals surface area (Å²) in [6.45, 7) is 9.22. The summed E-state index contributed by atoms with van der Waals surface area (Å²) >= 11 is 0. The Labute approximate surface area is 389 Å². The number of phenolic OH excluding ortho intramolecular Hbond substituents is 1. The summed E-state index contributed by atoms with van der Waals surface area (Å²) in [5.74, 6) is -9.74. The number of phenols is 1. The molecule has 0 aliphatic carbocycles. The fourth-order valence-electron chi connectivity index (χ4n) is 6.49. The average Bonchev–Trinajstić information content (AvgIpc) is 3.25. The minimum absolute atomic E-state index is 0.0119. The quantitative estimate of drug-likeness (QED) is 0.0323. The maximum Gasteiger partial charge on any atom is 0.245 e. The Morgan fingerprint density at radius 1 is 0.612 bits per heavy atom. The van der Waals surface area contributed by atoms with Crippen LogP contribution in [0.2, 0.25) is 0 Å². The normalized spacial score (nSPS) is 15.6. The number of unbranched alkanes of at least 4 members (excludes halogenated alkanes) is 1. The van der Waals surface area contributed by atoms with Gasteiger partial charge in [0.25, 0.3) is 0 Å². The number of aliphatic hydroxyl groups is 2. The largest absolute Gasteiger partial charge is 0.508 e. The van der Waals surface area contributed by atoms with Crippen LogP contribution in [0.5, 0.6) is 5.75 Å². The van der Waals surface area contributed by atoms with Gasteiger partial charge in [-0.25, -0.2) is 0 Å². The molecular formula is C43H71N11O13. The van der Waals surface area contributed by atoms with Crippen LogP contribution in [-0.2, 0) is 54.4 Å². The Bertz CT molecular complexity index is 1860. The lowest BCUT2D eigenvalue weighted by Crippen LogP contribution is -2.62. The summed E-state index contributed by atoms with van der Waals surface area (Å²) in [5.41, 5.74) is 17.1. The van der Waals surface area contributed by atoms with E-state index in [1.54, 1.807) is 27.7 Å². The summed E-state index contributed by atoms with van der Waals surface area (Å²) in [7, 11) is 0. The zero-order chi connectivity index (χ0) is 51.1. The molecule has 376 valence electrons. The number of aliphatic hydroxyl groups excluding tert-OH is 2. The van der Waals surface area contributed by atoms with E-state index in [1.165, 1.54) is 45.0 Å². The van der Waals surface area contributed by atoms with Crippen molar-refractivity contribution >= 4 is 58.9 Å². The zero-order valence-electron chi connectivity index (χ0n) is 39.2. The molecule has 0 saturated carbocycles. The summed E-state index contributed by atoms with van der Waals surface area (Å²) < 4.78 is 0. The molecule has 0 aliphatic rings. The summed E-state index contributed by atoms with van der Waals surface area (Å²) in [4.78, 5) is 130. The third-order valence-electron chi connectivity index (χ3n) is 10.6. The average molecular weight is 950 g/mol.